The number of carbonyl (C=O) groups is 1. The van der Waals surface area contributed by atoms with Crippen LogP contribution in [0.2, 0.25) is 0 Å². The number of aryl methyl sites for hydroxylation is 1. The van der Waals surface area contributed by atoms with E-state index in [1.165, 1.54) is 11.3 Å². The minimum atomic E-state index is -0.175. The summed E-state index contributed by atoms with van der Waals surface area (Å²) in [4.78, 5) is 17.7. The number of rotatable bonds is 8. The summed E-state index contributed by atoms with van der Waals surface area (Å²) in [6.45, 7) is 2.49. The Bertz CT molecular complexity index is 847. The highest BCUT2D eigenvalue weighted by Gasteiger charge is 2.45. The molecule has 0 bridgehead atoms. The van der Waals surface area contributed by atoms with Crippen molar-refractivity contribution < 1.29 is 19.4 Å². The number of anilines is 1. The molecule has 1 aliphatic heterocycles. The molecule has 1 amide bonds. The smallest absolute Gasteiger partial charge is 0.263 e. The van der Waals surface area contributed by atoms with Gasteiger partial charge in [0.1, 0.15) is 4.88 Å². The number of aromatic nitrogens is 1. The highest BCUT2D eigenvalue weighted by atomic mass is 32.1. The van der Waals surface area contributed by atoms with Crippen molar-refractivity contribution in [1.82, 2.24) is 10.3 Å². The van der Waals surface area contributed by atoms with Gasteiger partial charge in [0, 0.05) is 6.54 Å². The number of hydrogen-bond donors (Lipinski definition) is 3. The molecule has 0 saturated heterocycles. The molecule has 0 radical (unpaired) electrons. The maximum Gasteiger partial charge on any atom is 0.263 e. The molecular weight excluding hydrogens is 366 g/mol. The fourth-order valence-corrected chi connectivity index (χ4v) is 4.27. The van der Waals surface area contributed by atoms with Crippen LogP contribution >= 0.6 is 11.3 Å². The van der Waals surface area contributed by atoms with Gasteiger partial charge in [-0.3, -0.25) is 4.79 Å². The molecule has 4 rings (SSSR count). The first kappa shape index (κ1) is 18.1. The highest BCUT2D eigenvalue weighted by Crippen LogP contribution is 2.51. The number of nitrogens with one attached hydrogen (secondary N) is 2. The Morgan fingerprint density at radius 1 is 1.33 bits per heavy atom. The average Bonchev–Trinajstić information content (AvgIpc) is 3.12. The van der Waals surface area contributed by atoms with Crippen molar-refractivity contribution in [3.63, 3.8) is 0 Å². The van der Waals surface area contributed by atoms with Crippen LogP contribution in [0.1, 0.15) is 47.1 Å². The molecule has 0 atom stereocenters. The number of ether oxygens (including phenoxy) is 2. The highest BCUT2D eigenvalue weighted by molar-refractivity contribution is 7.17. The van der Waals surface area contributed by atoms with E-state index < -0.39 is 0 Å². The third-order valence-electron chi connectivity index (χ3n) is 4.81. The van der Waals surface area contributed by atoms with Gasteiger partial charge >= 0.3 is 0 Å². The zero-order chi connectivity index (χ0) is 18.9. The molecular formula is C19H23N3O4S. The van der Waals surface area contributed by atoms with Gasteiger partial charge in [-0.25, -0.2) is 4.98 Å². The van der Waals surface area contributed by atoms with Crippen molar-refractivity contribution in [3.8, 4) is 11.5 Å². The van der Waals surface area contributed by atoms with Crippen LogP contribution in [0.15, 0.2) is 18.2 Å². The van der Waals surface area contributed by atoms with Gasteiger partial charge in [-0.2, -0.15) is 0 Å². The fourth-order valence-electron chi connectivity index (χ4n) is 3.25. The largest absolute Gasteiger partial charge is 0.454 e. The van der Waals surface area contributed by atoms with E-state index in [9.17, 15) is 4.79 Å². The molecule has 1 aromatic carbocycles. The van der Waals surface area contributed by atoms with Crippen molar-refractivity contribution in [2.24, 2.45) is 0 Å². The monoisotopic (exact) mass is 389 g/mol. The molecule has 3 N–H and O–H groups in total. The lowest BCUT2D eigenvalue weighted by molar-refractivity contribution is 0.0947. The molecule has 0 spiro atoms. The summed E-state index contributed by atoms with van der Waals surface area (Å²) in [5, 5.41) is 16.0. The molecule has 2 aliphatic rings. The Kier molecular flexibility index (Phi) is 4.92. The predicted octanol–water partition coefficient (Wildman–Crippen LogP) is 2.65. The van der Waals surface area contributed by atoms with E-state index in [2.05, 4.69) is 28.6 Å². The van der Waals surface area contributed by atoms with Gasteiger partial charge in [0.15, 0.2) is 16.6 Å². The predicted molar refractivity (Wildman–Crippen MR) is 103 cm³/mol. The van der Waals surface area contributed by atoms with Gasteiger partial charge in [0.25, 0.3) is 5.91 Å². The van der Waals surface area contributed by atoms with Crippen molar-refractivity contribution in [3.05, 3.63) is 34.3 Å². The van der Waals surface area contributed by atoms with Crippen LogP contribution in [0, 0.1) is 0 Å². The number of aliphatic hydroxyl groups excluding tert-OH is 1. The third-order valence-corrected chi connectivity index (χ3v) is 5.82. The molecule has 2 aromatic rings. The standard InChI is InChI=1S/C19H23N3O4S/c1-2-3-13-16(17(24)20-8-9-23)27-18(21-13)22-19(6-7-19)12-4-5-14-15(10-12)26-11-25-14/h4-5,10,23H,2-3,6-9,11H2,1H3,(H,20,24)(H,21,22). The van der Waals surface area contributed by atoms with Crippen molar-refractivity contribution in [2.75, 3.05) is 25.3 Å². The van der Waals surface area contributed by atoms with E-state index in [0.717, 1.165) is 53.6 Å². The van der Waals surface area contributed by atoms with E-state index in [4.69, 9.17) is 14.6 Å². The van der Waals surface area contributed by atoms with Gasteiger partial charge in [0.2, 0.25) is 6.79 Å². The lowest BCUT2D eigenvalue weighted by atomic mass is 10.0. The molecule has 0 unspecified atom stereocenters. The Labute approximate surface area is 161 Å². The molecule has 8 heteroatoms. The molecule has 2 heterocycles. The normalized spacial score (nSPS) is 16.2. The van der Waals surface area contributed by atoms with E-state index in [-0.39, 0.29) is 31.4 Å². The number of benzene rings is 1. The van der Waals surface area contributed by atoms with Crippen LogP contribution in [0.25, 0.3) is 0 Å². The number of thiazole rings is 1. The first-order chi connectivity index (χ1) is 13.1. The van der Waals surface area contributed by atoms with E-state index in [1.807, 2.05) is 12.1 Å². The number of aliphatic hydroxyl groups is 1. The van der Waals surface area contributed by atoms with Crippen molar-refractivity contribution in [2.45, 2.75) is 38.1 Å². The van der Waals surface area contributed by atoms with Crippen LogP contribution < -0.4 is 20.1 Å². The second-order valence-electron chi connectivity index (χ2n) is 6.80. The van der Waals surface area contributed by atoms with Crippen LogP contribution in [-0.4, -0.2) is 35.9 Å². The number of hydrogen-bond acceptors (Lipinski definition) is 7. The zero-order valence-electron chi connectivity index (χ0n) is 15.2. The summed E-state index contributed by atoms with van der Waals surface area (Å²) in [7, 11) is 0. The molecule has 144 valence electrons. The van der Waals surface area contributed by atoms with E-state index in [1.54, 1.807) is 0 Å². The zero-order valence-corrected chi connectivity index (χ0v) is 16.0. The average molecular weight is 389 g/mol. The van der Waals surface area contributed by atoms with Crippen LogP contribution in [0.3, 0.4) is 0 Å². The van der Waals surface area contributed by atoms with Crippen LogP contribution in [0.4, 0.5) is 5.13 Å². The third kappa shape index (κ3) is 3.59. The molecule has 1 fully saturated rings. The first-order valence-corrected chi connectivity index (χ1v) is 10.0. The summed E-state index contributed by atoms with van der Waals surface area (Å²) in [6.07, 6.45) is 3.66. The van der Waals surface area contributed by atoms with Crippen molar-refractivity contribution >= 4 is 22.4 Å². The molecule has 7 nitrogen and oxygen atoms in total. The fraction of sp³-hybridized carbons (Fsp3) is 0.474. The van der Waals surface area contributed by atoms with Crippen molar-refractivity contribution in [1.29, 1.82) is 0 Å². The summed E-state index contributed by atoms with van der Waals surface area (Å²) >= 11 is 1.37. The number of nitrogens with zero attached hydrogens (tertiary/aromatic N) is 1. The van der Waals surface area contributed by atoms with Gasteiger partial charge < -0.3 is 25.2 Å². The minimum Gasteiger partial charge on any atom is -0.454 e. The Balaban J connectivity index is 1.56. The molecule has 1 aliphatic carbocycles. The van der Waals surface area contributed by atoms with Gasteiger partial charge in [-0.05, 0) is 37.0 Å². The molecule has 1 saturated carbocycles. The quantitative estimate of drug-likeness (QED) is 0.643. The summed E-state index contributed by atoms with van der Waals surface area (Å²) in [5.74, 6) is 1.37. The Hall–Kier alpha value is -2.32. The lowest BCUT2D eigenvalue weighted by Crippen LogP contribution is -2.26. The number of carbonyl (C=O) groups excluding carboxylic acids is 1. The van der Waals surface area contributed by atoms with Gasteiger partial charge in [0.05, 0.1) is 17.8 Å². The molecule has 27 heavy (non-hydrogen) atoms. The second-order valence-corrected chi connectivity index (χ2v) is 7.80. The molecule has 1 aromatic heterocycles. The lowest BCUT2D eigenvalue weighted by Gasteiger charge is -2.17. The first-order valence-electron chi connectivity index (χ1n) is 9.22. The summed E-state index contributed by atoms with van der Waals surface area (Å²) in [6, 6.07) is 6.03. The van der Waals surface area contributed by atoms with Gasteiger partial charge in [-0.15, -0.1) is 0 Å². The maximum absolute atomic E-state index is 12.4. The van der Waals surface area contributed by atoms with Crippen LogP contribution in [-0.2, 0) is 12.0 Å². The number of fused-ring (bicyclic) bond motifs is 1. The topological polar surface area (TPSA) is 92.7 Å². The Morgan fingerprint density at radius 3 is 2.89 bits per heavy atom. The SMILES string of the molecule is CCCc1nc(NC2(c3ccc4c(c3)OCO4)CC2)sc1C(=O)NCCO. The van der Waals surface area contributed by atoms with E-state index >= 15 is 0 Å². The Morgan fingerprint density at radius 2 is 2.15 bits per heavy atom. The summed E-state index contributed by atoms with van der Waals surface area (Å²) < 4.78 is 10.9. The second kappa shape index (κ2) is 7.36. The maximum atomic E-state index is 12.4. The summed E-state index contributed by atoms with van der Waals surface area (Å²) in [5.41, 5.74) is 1.79. The number of amides is 1. The van der Waals surface area contributed by atoms with Gasteiger partial charge in [-0.1, -0.05) is 30.7 Å². The van der Waals surface area contributed by atoms with E-state index in [0.29, 0.717) is 4.88 Å². The minimum absolute atomic E-state index is 0.0774. The van der Waals surface area contributed by atoms with Crippen LogP contribution in [0.5, 0.6) is 11.5 Å².